The van der Waals surface area contributed by atoms with Gasteiger partial charge in [-0.3, -0.25) is 9.59 Å². The summed E-state index contributed by atoms with van der Waals surface area (Å²) >= 11 is 0. The smallest absolute Gasteiger partial charge is 0.478 e. The van der Waals surface area contributed by atoms with Gasteiger partial charge < -0.3 is 39.8 Å². The van der Waals surface area contributed by atoms with Gasteiger partial charge in [-0.1, -0.05) is 56.0 Å². The van der Waals surface area contributed by atoms with Crippen LogP contribution in [0.4, 0.5) is 29.2 Å². The number of carbonyl (C=O) groups excluding carboxylic acids is 2. The molecular formula is C49H41ClF4N4O10. The second-order valence-corrected chi connectivity index (χ2v) is 16.2. The van der Waals surface area contributed by atoms with Crippen molar-refractivity contribution in [1.29, 1.82) is 0 Å². The first-order valence-corrected chi connectivity index (χ1v) is 20.4. The van der Waals surface area contributed by atoms with Gasteiger partial charge in [0, 0.05) is 11.1 Å². The van der Waals surface area contributed by atoms with Gasteiger partial charge in [-0.25, -0.2) is 19.6 Å². The molecule has 2 aliphatic heterocycles. The summed E-state index contributed by atoms with van der Waals surface area (Å²) in [6.07, 6.45) is -5.24. The van der Waals surface area contributed by atoms with E-state index in [2.05, 4.69) is 39.5 Å². The van der Waals surface area contributed by atoms with E-state index < -0.39 is 35.4 Å². The van der Waals surface area contributed by atoms with Crippen molar-refractivity contribution >= 4 is 47.8 Å². The highest BCUT2D eigenvalue weighted by atomic mass is 35.5. The van der Waals surface area contributed by atoms with E-state index in [4.69, 9.17) is 0 Å². The first-order valence-electron chi connectivity index (χ1n) is 20.4. The van der Waals surface area contributed by atoms with E-state index in [-0.39, 0.29) is 65.8 Å². The van der Waals surface area contributed by atoms with E-state index in [9.17, 15) is 47.0 Å². The Hall–Kier alpha value is -7.73. The third-order valence-corrected chi connectivity index (χ3v) is 11.7. The van der Waals surface area contributed by atoms with Gasteiger partial charge in [0.25, 0.3) is 0 Å². The zero-order valence-corrected chi connectivity index (χ0v) is 36.0. The fourth-order valence-electron chi connectivity index (χ4n) is 7.89. The number of carboxylic acids is 2. The molecule has 2 aromatic heterocycles. The first-order chi connectivity index (χ1) is 31.3. The molecule has 0 bridgehead atoms. The number of hydrogen-bond donors (Lipinski definition) is 4. The number of nitrogens with zero attached hydrogens (tertiary/aromatic N) is 2. The van der Waals surface area contributed by atoms with Crippen LogP contribution in [-0.4, -0.2) is 56.5 Å². The molecule has 2 saturated carbocycles. The number of aromatic carboxylic acids is 2. The minimum atomic E-state index is -3.72. The number of benzene rings is 4. The number of pyridine rings is 2. The Morgan fingerprint density at radius 3 is 1.25 bits per heavy atom. The fourth-order valence-corrected chi connectivity index (χ4v) is 7.89. The second kappa shape index (κ2) is 17.8. The summed E-state index contributed by atoms with van der Waals surface area (Å²) in [5.41, 5.74) is 3.59. The Morgan fingerprint density at radius 2 is 0.897 bits per heavy atom. The molecule has 14 nitrogen and oxygen atoms in total. The molecule has 0 radical (unpaired) electrons. The molecule has 2 fully saturated rings. The highest BCUT2D eigenvalue weighted by Crippen LogP contribution is 2.54. The van der Waals surface area contributed by atoms with Crippen LogP contribution < -0.4 is 29.6 Å². The average Bonchev–Trinajstić information content (AvgIpc) is 4.21. The van der Waals surface area contributed by atoms with Gasteiger partial charge in [-0.15, -0.1) is 30.0 Å². The van der Waals surface area contributed by atoms with Gasteiger partial charge in [0.2, 0.25) is 11.8 Å². The minimum Gasteiger partial charge on any atom is -0.478 e. The number of aryl methyl sites for hydroxylation is 2. The molecule has 6 aromatic rings. The van der Waals surface area contributed by atoms with E-state index in [1.54, 1.807) is 60.7 Å². The molecule has 4 heterocycles. The van der Waals surface area contributed by atoms with Crippen LogP contribution in [0.2, 0.25) is 0 Å². The summed E-state index contributed by atoms with van der Waals surface area (Å²) in [5, 5.41) is 24.1. The van der Waals surface area contributed by atoms with Crippen molar-refractivity contribution in [3.8, 4) is 45.5 Å². The molecule has 19 heteroatoms. The lowest BCUT2D eigenvalue weighted by atomic mass is 9.94. The van der Waals surface area contributed by atoms with Crippen molar-refractivity contribution in [2.24, 2.45) is 0 Å². The maximum absolute atomic E-state index is 13.3. The summed E-state index contributed by atoms with van der Waals surface area (Å²) in [6, 6.07) is 28.4. The Morgan fingerprint density at radius 1 is 0.529 bits per heavy atom. The standard InChI is InChI=1S/2C24H18F2N2O5.CH4.ClH/c2*1-13-5-8-19(27-20(13)14-3-2-4-15(11-14)21(29)30)28-22(31)23(9-10-23)16-6-7-17-18(12-16)33-24(25,26)32-17;;/h2*2-8,11-12H,9-10H2,1H3,(H,29,30)(H,27,28,31);1H4;1H. The van der Waals surface area contributed by atoms with Crippen LogP contribution in [0.3, 0.4) is 0 Å². The predicted octanol–water partition coefficient (Wildman–Crippen LogP) is 10.6. The van der Waals surface area contributed by atoms with Crippen molar-refractivity contribution in [1.82, 2.24) is 9.97 Å². The van der Waals surface area contributed by atoms with E-state index in [0.717, 1.165) is 11.1 Å². The number of carbonyl (C=O) groups is 4. The maximum Gasteiger partial charge on any atom is 0.586 e. The van der Waals surface area contributed by atoms with Crippen LogP contribution >= 0.6 is 12.4 Å². The zero-order valence-electron chi connectivity index (χ0n) is 35.2. The van der Waals surface area contributed by atoms with Crippen LogP contribution in [-0.2, 0) is 20.4 Å². The van der Waals surface area contributed by atoms with E-state index >= 15 is 0 Å². The normalized spacial score (nSPS) is 16.3. The van der Waals surface area contributed by atoms with Crippen LogP contribution in [0.25, 0.3) is 22.5 Å². The van der Waals surface area contributed by atoms with Gasteiger partial charge in [0.15, 0.2) is 23.0 Å². The highest BCUT2D eigenvalue weighted by molar-refractivity contribution is 6.02. The number of aromatic nitrogens is 2. The largest absolute Gasteiger partial charge is 0.586 e. The zero-order chi connectivity index (χ0) is 46.8. The fraction of sp³-hybridized carbons (Fsp3) is 0.224. The van der Waals surface area contributed by atoms with Crippen molar-refractivity contribution in [3.05, 3.63) is 143 Å². The Kier molecular flexibility index (Phi) is 12.6. The maximum atomic E-state index is 13.3. The van der Waals surface area contributed by atoms with Gasteiger partial charge in [0.05, 0.1) is 33.3 Å². The number of nitrogens with one attached hydrogen (secondary N) is 2. The summed E-state index contributed by atoms with van der Waals surface area (Å²) < 4.78 is 71.3. The van der Waals surface area contributed by atoms with Crippen LogP contribution in [0.15, 0.2) is 109 Å². The number of amides is 2. The highest BCUT2D eigenvalue weighted by Gasteiger charge is 2.54. The Bertz CT molecular complexity index is 2820. The quantitative estimate of drug-likeness (QED) is 0.0950. The van der Waals surface area contributed by atoms with Crippen molar-refractivity contribution in [3.63, 3.8) is 0 Å². The average molecular weight is 957 g/mol. The number of rotatable bonds is 10. The molecule has 0 spiro atoms. The lowest BCUT2D eigenvalue weighted by Crippen LogP contribution is -2.28. The topological polar surface area (TPSA) is 195 Å². The van der Waals surface area contributed by atoms with E-state index in [1.807, 2.05) is 13.8 Å². The molecule has 2 aliphatic carbocycles. The molecule has 0 atom stereocenters. The molecule has 4 aromatic carbocycles. The van der Waals surface area contributed by atoms with Crippen LogP contribution in [0.5, 0.6) is 23.0 Å². The number of hydrogen-bond acceptors (Lipinski definition) is 10. The van der Waals surface area contributed by atoms with Gasteiger partial charge in [0.1, 0.15) is 11.6 Å². The number of anilines is 2. The van der Waals surface area contributed by atoms with Crippen molar-refractivity contribution in [2.45, 2.75) is 70.4 Å². The van der Waals surface area contributed by atoms with Gasteiger partial charge in [-0.05, 0) is 122 Å². The Labute approximate surface area is 391 Å². The predicted molar refractivity (Wildman–Crippen MR) is 241 cm³/mol. The van der Waals surface area contributed by atoms with Crippen molar-refractivity contribution < 1.29 is 65.9 Å². The second-order valence-electron chi connectivity index (χ2n) is 16.2. The van der Waals surface area contributed by atoms with E-state index in [1.165, 1.54) is 48.5 Å². The summed E-state index contributed by atoms with van der Waals surface area (Å²) in [6.45, 7) is 3.68. The minimum absolute atomic E-state index is 0. The first kappa shape index (κ1) is 48.2. The molecule has 68 heavy (non-hydrogen) atoms. The number of ether oxygens (including phenoxy) is 4. The third-order valence-electron chi connectivity index (χ3n) is 11.7. The number of halogens is 5. The molecular weight excluding hydrogens is 916 g/mol. The lowest BCUT2D eigenvalue weighted by molar-refractivity contribution is -0.287. The Balaban J connectivity index is 0.000000196. The molecule has 4 aliphatic rings. The molecule has 0 unspecified atom stereocenters. The lowest BCUT2D eigenvalue weighted by Gasteiger charge is -2.17. The van der Waals surface area contributed by atoms with Crippen LogP contribution in [0, 0.1) is 13.8 Å². The summed E-state index contributed by atoms with van der Waals surface area (Å²) in [4.78, 5) is 58.0. The van der Waals surface area contributed by atoms with Gasteiger partial charge in [-0.2, -0.15) is 0 Å². The summed E-state index contributed by atoms with van der Waals surface area (Å²) in [5.74, 6) is -2.46. The number of alkyl halides is 4. The molecule has 2 amide bonds. The molecule has 0 saturated heterocycles. The molecule has 10 rings (SSSR count). The summed E-state index contributed by atoms with van der Waals surface area (Å²) in [7, 11) is 0. The van der Waals surface area contributed by atoms with E-state index in [0.29, 0.717) is 71.0 Å². The number of fused-ring (bicyclic) bond motifs is 2. The SMILES string of the molecule is C.Cc1ccc(NC(=O)C2(c3ccc4c(c3)OC(F)(F)O4)CC2)nc1-c1cccc(C(=O)O)c1.Cc1ccc(NC(=O)C2(c3ccc4c(c3)OC(F)(F)O4)CC2)nc1-c1cccc(C(=O)O)c1.Cl. The van der Waals surface area contributed by atoms with Crippen molar-refractivity contribution in [2.75, 3.05) is 10.6 Å². The monoisotopic (exact) mass is 956 g/mol. The number of carboxylic acid groups (broad SMARTS) is 2. The van der Waals surface area contributed by atoms with Gasteiger partial charge >= 0.3 is 24.5 Å². The molecule has 352 valence electrons. The third kappa shape index (κ3) is 9.44. The molecule has 4 N–H and O–H groups in total. The van der Waals surface area contributed by atoms with Crippen LogP contribution in [0.1, 0.15) is 76.1 Å².